The van der Waals surface area contributed by atoms with Crippen LogP contribution >= 0.6 is 0 Å². The van der Waals surface area contributed by atoms with Crippen LogP contribution in [0.3, 0.4) is 0 Å². The molecule has 1 N–H and O–H groups in total. The Morgan fingerprint density at radius 3 is 2.76 bits per heavy atom. The van der Waals surface area contributed by atoms with E-state index >= 15 is 0 Å². The molecule has 3 nitrogen and oxygen atoms in total. The van der Waals surface area contributed by atoms with Gasteiger partial charge in [-0.15, -0.1) is 0 Å². The highest BCUT2D eigenvalue weighted by Crippen LogP contribution is 2.20. The maximum absolute atomic E-state index is 11.0. The molecule has 0 aliphatic heterocycles. The van der Waals surface area contributed by atoms with Gasteiger partial charge in [0.15, 0.2) is 6.29 Å². The zero-order chi connectivity index (χ0) is 12.1. The second-order valence-electron chi connectivity index (χ2n) is 4.20. The van der Waals surface area contributed by atoms with Gasteiger partial charge >= 0.3 is 0 Å². The minimum Gasteiger partial charge on any atom is -0.396 e. The molecule has 1 aromatic carbocycles. The van der Waals surface area contributed by atoms with Gasteiger partial charge < -0.3 is 9.67 Å². The summed E-state index contributed by atoms with van der Waals surface area (Å²) in [6.07, 6.45) is 5.71. The average molecular weight is 231 g/mol. The number of carbonyl (C=O) groups excluding carboxylic acids is 1. The van der Waals surface area contributed by atoms with Gasteiger partial charge in [0.2, 0.25) is 0 Å². The van der Waals surface area contributed by atoms with Crippen LogP contribution in [-0.4, -0.2) is 22.6 Å². The number of fused-ring (bicyclic) bond motifs is 1. The van der Waals surface area contributed by atoms with Crippen LogP contribution in [0.1, 0.15) is 29.6 Å². The minimum absolute atomic E-state index is 0.256. The summed E-state index contributed by atoms with van der Waals surface area (Å²) in [6.45, 7) is 1.15. The normalized spacial score (nSPS) is 10.9. The summed E-state index contributed by atoms with van der Waals surface area (Å²) < 4.78 is 2.12. The molecule has 0 unspecified atom stereocenters. The molecule has 1 aromatic heterocycles. The smallest absolute Gasteiger partial charge is 0.152 e. The first-order valence-corrected chi connectivity index (χ1v) is 6.00. The fourth-order valence-electron chi connectivity index (χ4n) is 2.12. The number of aromatic nitrogens is 1. The van der Waals surface area contributed by atoms with Crippen LogP contribution in [0.4, 0.5) is 0 Å². The van der Waals surface area contributed by atoms with Crippen molar-refractivity contribution < 1.29 is 9.90 Å². The molecule has 0 spiro atoms. The largest absolute Gasteiger partial charge is 0.396 e. The summed E-state index contributed by atoms with van der Waals surface area (Å²) in [4.78, 5) is 11.0. The number of aryl methyl sites for hydroxylation is 1. The molecular weight excluding hydrogens is 214 g/mol. The van der Waals surface area contributed by atoms with Crippen LogP contribution in [0.5, 0.6) is 0 Å². The zero-order valence-electron chi connectivity index (χ0n) is 9.80. The van der Waals surface area contributed by atoms with Crippen molar-refractivity contribution in [3.8, 4) is 0 Å². The monoisotopic (exact) mass is 231 g/mol. The van der Waals surface area contributed by atoms with Crippen molar-refractivity contribution >= 4 is 17.2 Å². The molecule has 0 radical (unpaired) electrons. The van der Waals surface area contributed by atoms with E-state index in [1.165, 1.54) is 0 Å². The molecule has 90 valence electrons. The average Bonchev–Trinajstić information content (AvgIpc) is 2.73. The first-order valence-electron chi connectivity index (χ1n) is 6.00. The Balaban J connectivity index is 2.19. The second-order valence-corrected chi connectivity index (χ2v) is 4.20. The van der Waals surface area contributed by atoms with Gasteiger partial charge in [-0.25, -0.2) is 0 Å². The molecule has 17 heavy (non-hydrogen) atoms. The fourth-order valence-corrected chi connectivity index (χ4v) is 2.12. The van der Waals surface area contributed by atoms with Gasteiger partial charge in [0.25, 0.3) is 0 Å². The van der Waals surface area contributed by atoms with E-state index in [0.29, 0.717) is 0 Å². The van der Waals surface area contributed by atoms with Crippen molar-refractivity contribution in [3.63, 3.8) is 0 Å². The SMILES string of the molecule is O=Cc1cn(CCCCCO)c2ccccc12. The highest BCUT2D eigenvalue weighted by molar-refractivity contribution is 5.97. The van der Waals surface area contributed by atoms with Crippen LogP contribution < -0.4 is 0 Å². The van der Waals surface area contributed by atoms with E-state index in [1.807, 2.05) is 30.5 Å². The molecule has 0 aliphatic carbocycles. The number of rotatable bonds is 6. The Kier molecular flexibility index (Phi) is 3.94. The maximum Gasteiger partial charge on any atom is 0.152 e. The summed E-state index contributed by atoms with van der Waals surface area (Å²) in [5.74, 6) is 0. The van der Waals surface area contributed by atoms with E-state index < -0.39 is 0 Å². The molecule has 2 aromatic rings. The first-order chi connectivity index (χ1) is 8.36. The summed E-state index contributed by atoms with van der Waals surface area (Å²) in [6, 6.07) is 7.95. The van der Waals surface area contributed by atoms with Crippen LogP contribution in [0, 0.1) is 0 Å². The number of aliphatic hydroxyl groups is 1. The second kappa shape index (κ2) is 5.64. The topological polar surface area (TPSA) is 42.2 Å². The number of aldehydes is 1. The molecule has 3 heteroatoms. The van der Waals surface area contributed by atoms with E-state index in [-0.39, 0.29) is 6.61 Å². The third kappa shape index (κ3) is 2.56. The van der Waals surface area contributed by atoms with E-state index in [1.54, 1.807) is 0 Å². The third-order valence-electron chi connectivity index (χ3n) is 3.00. The number of para-hydroxylation sites is 1. The summed E-state index contributed by atoms with van der Waals surface area (Å²) in [5.41, 5.74) is 1.86. The van der Waals surface area contributed by atoms with Crippen molar-refractivity contribution in [3.05, 3.63) is 36.0 Å². The lowest BCUT2D eigenvalue weighted by Crippen LogP contribution is -1.96. The van der Waals surface area contributed by atoms with E-state index in [4.69, 9.17) is 5.11 Å². The molecule has 0 atom stereocenters. The highest BCUT2D eigenvalue weighted by atomic mass is 16.2. The molecular formula is C14H17NO2. The summed E-state index contributed by atoms with van der Waals surface area (Å²) in [5, 5.41) is 9.74. The number of carbonyl (C=O) groups is 1. The number of nitrogens with zero attached hydrogens (tertiary/aromatic N) is 1. The zero-order valence-corrected chi connectivity index (χ0v) is 9.80. The number of hydrogen-bond donors (Lipinski definition) is 1. The van der Waals surface area contributed by atoms with Crippen molar-refractivity contribution in [2.45, 2.75) is 25.8 Å². The Morgan fingerprint density at radius 1 is 1.18 bits per heavy atom. The van der Waals surface area contributed by atoms with Crippen LogP contribution in [-0.2, 0) is 6.54 Å². The van der Waals surface area contributed by atoms with Gasteiger partial charge in [0.05, 0.1) is 0 Å². The molecule has 1 heterocycles. The standard InChI is InChI=1S/C14H17NO2/c16-9-5-1-4-8-15-10-12(11-17)13-6-2-3-7-14(13)15/h2-3,6-7,10-11,16H,1,4-5,8-9H2. The molecule has 0 fully saturated rings. The maximum atomic E-state index is 11.0. The van der Waals surface area contributed by atoms with Crippen LogP contribution in [0.2, 0.25) is 0 Å². The molecule has 0 bridgehead atoms. The number of hydrogen-bond acceptors (Lipinski definition) is 2. The highest BCUT2D eigenvalue weighted by Gasteiger charge is 2.06. The summed E-state index contributed by atoms with van der Waals surface area (Å²) in [7, 11) is 0. The lowest BCUT2D eigenvalue weighted by Gasteiger charge is -2.04. The lowest BCUT2D eigenvalue weighted by molar-refractivity contribution is 0.112. The predicted molar refractivity (Wildman–Crippen MR) is 68.3 cm³/mol. The van der Waals surface area contributed by atoms with E-state index in [0.717, 1.165) is 48.6 Å². The Labute approximate surface area is 101 Å². The number of unbranched alkanes of at least 4 members (excludes halogenated alkanes) is 2. The Bertz CT molecular complexity index is 502. The number of aliphatic hydroxyl groups excluding tert-OH is 1. The minimum atomic E-state index is 0.256. The van der Waals surface area contributed by atoms with Crippen LogP contribution in [0.25, 0.3) is 10.9 Å². The molecule has 0 saturated heterocycles. The molecule has 0 aliphatic rings. The summed E-state index contributed by atoms with van der Waals surface area (Å²) >= 11 is 0. The quantitative estimate of drug-likeness (QED) is 0.613. The fraction of sp³-hybridized carbons (Fsp3) is 0.357. The van der Waals surface area contributed by atoms with Gasteiger partial charge in [0.1, 0.15) is 0 Å². The first kappa shape index (κ1) is 11.9. The predicted octanol–water partition coefficient (Wildman–Crippen LogP) is 2.62. The number of benzene rings is 1. The Morgan fingerprint density at radius 2 is 2.00 bits per heavy atom. The molecule has 0 amide bonds. The van der Waals surface area contributed by atoms with E-state index in [9.17, 15) is 4.79 Å². The van der Waals surface area contributed by atoms with E-state index in [2.05, 4.69) is 4.57 Å². The molecule has 0 saturated carbocycles. The van der Waals surface area contributed by atoms with Crippen molar-refractivity contribution in [1.82, 2.24) is 4.57 Å². The van der Waals surface area contributed by atoms with Crippen molar-refractivity contribution in [1.29, 1.82) is 0 Å². The third-order valence-corrected chi connectivity index (χ3v) is 3.00. The van der Waals surface area contributed by atoms with Gasteiger partial charge in [-0.2, -0.15) is 0 Å². The van der Waals surface area contributed by atoms with Crippen molar-refractivity contribution in [2.24, 2.45) is 0 Å². The van der Waals surface area contributed by atoms with Crippen LogP contribution in [0.15, 0.2) is 30.5 Å². The Hall–Kier alpha value is -1.61. The van der Waals surface area contributed by atoms with Crippen molar-refractivity contribution in [2.75, 3.05) is 6.61 Å². The van der Waals surface area contributed by atoms with Gasteiger partial charge in [-0.05, 0) is 25.3 Å². The van der Waals surface area contributed by atoms with Gasteiger partial charge in [0, 0.05) is 35.8 Å². The van der Waals surface area contributed by atoms with Gasteiger partial charge in [-0.1, -0.05) is 18.2 Å². The molecule has 2 rings (SSSR count). The lowest BCUT2D eigenvalue weighted by atomic mass is 10.2. The van der Waals surface area contributed by atoms with Gasteiger partial charge in [-0.3, -0.25) is 4.79 Å².